The van der Waals surface area contributed by atoms with Crippen molar-refractivity contribution in [1.29, 1.82) is 0 Å². The third kappa shape index (κ3) is 3.62. The summed E-state index contributed by atoms with van der Waals surface area (Å²) in [5.41, 5.74) is 0. The molecule has 1 heterocycles. The maximum atomic E-state index is 11.1. The normalized spacial score (nSPS) is 26.8. The van der Waals surface area contributed by atoms with Crippen LogP contribution in [-0.4, -0.2) is 56.7 Å². The van der Waals surface area contributed by atoms with Crippen molar-refractivity contribution in [3.05, 3.63) is 0 Å². The highest BCUT2D eigenvalue weighted by atomic mass is 32.2. The summed E-state index contributed by atoms with van der Waals surface area (Å²) in [5.74, 6) is 0.925. The molecule has 0 aromatic carbocycles. The zero-order valence-electron chi connectivity index (χ0n) is 7.94. The summed E-state index contributed by atoms with van der Waals surface area (Å²) in [4.78, 5) is 1.98. The van der Waals surface area contributed by atoms with Crippen LogP contribution in [0.2, 0.25) is 0 Å². The van der Waals surface area contributed by atoms with E-state index in [-0.39, 0.29) is 12.5 Å². The van der Waals surface area contributed by atoms with E-state index < -0.39 is 9.84 Å². The van der Waals surface area contributed by atoms with Crippen molar-refractivity contribution < 1.29 is 13.5 Å². The average Bonchev–Trinajstić information content (AvgIpc) is 2.30. The molecule has 4 nitrogen and oxygen atoms in total. The summed E-state index contributed by atoms with van der Waals surface area (Å²) in [6.07, 6.45) is 0.776. The molecule has 0 aliphatic carbocycles. The Labute approximate surface area is 79.5 Å². The van der Waals surface area contributed by atoms with Crippen LogP contribution in [0.1, 0.15) is 6.42 Å². The van der Waals surface area contributed by atoms with Crippen LogP contribution < -0.4 is 0 Å². The summed E-state index contributed by atoms with van der Waals surface area (Å²) in [6.45, 7) is 1.53. The third-order valence-electron chi connectivity index (χ3n) is 2.38. The Kier molecular flexibility index (Phi) is 3.70. The van der Waals surface area contributed by atoms with Gasteiger partial charge in [-0.1, -0.05) is 0 Å². The van der Waals surface area contributed by atoms with E-state index in [9.17, 15) is 8.42 Å². The molecule has 1 aliphatic rings. The molecule has 0 aromatic heterocycles. The molecule has 13 heavy (non-hydrogen) atoms. The molecule has 78 valence electrons. The molecular formula is C8H17NO3S. The topological polar surface area (TPSA) is 57.6 Å². The Morgan fingerprint density at radius 2 is 2.23 bits per heavy atom. The minimum absolute atomic E-state index is 0.135. The van der Waals surface area contributed by atoms with Gasteiger partial charge in [-0.25, -0.2) is 8.42 Å². The molecular weight excluding hydrogens is 190 g/mol. The molecule has 1 aliphatic heterocycles. The van der Waals surface area contributed by atoms with Gasteiger partial charge >= 0.3 is 0 Å². The molecule has 0 radical (unpaired) electrons. The van der Waals surface area contributed by atoms with Crippen LogP contribution in [0.15, 0.2) is 0 Å². The maximum Gasteiger partial charge on any atom is 0.150 e. The van der Waals surface area contributed by atoms with Gasteiger partial charge in [-0.3, -0.25) is 0 Å². The number of hydrogen-bond donors (Lipinski definition) is 1. The van der Waals surface area contributed by atoms with Crippen molar-refractivity contribution in [2.75, 3.05) is 38.2 Å². The van der Waals surface area contributed by atoms with Crippen molar-refractivity contribution in [1.82, 2.24) is 4.90 Å². The van der Waals surface area contributed by atoms with Gasteiger partial charge < -0.3 is 10.0 Å². The zero-order chi connectivity index (χ0) is 9.90. The van der Waals surface area contributed by atoms with Gasteiger partial charge in [0.15, 0.2) is 9.84 Å². The van der Waals surface area contributed by atoms with Gasteiger partial charge in [-0.15, -0.1) is 0 Å². The first kappa shape index (κ1) is 10.9. The van der Waals surface area contributed by atoms with Gasteiger partial charge in [0.05, 0.1) is 18.1 Å². The van der Waals surface area contributed by atoms with Gasteiger partial charge in [-0.2, -0.15) is 0 Å². The lowest BCUT2D eigenvalue weighted by Gasteiger charge is -2.18. The molecule has 1 rings (SSSR count). The molecule has 1 unspecified atom stereocenters. The predicted octanol–water partition coefficient (Wildman–Crippen LogP) is -0.655. The van der Waals surface area contributed by atoms with Crippen molar-refractivity contribution in [3.63, 3.8) is 0 Å². The van der Waals surface area contributed by atoms with Crippen LogP contribution in [0, 0.1) is 5.92 Å². The second-order valence-electron chi connectivity index (χ2n) is 3.75. The number of likely N-dealkylation sites (N-methyl/N-ethyl adjacent to an activating group) is 1. The fraction of sp³-hybridized carbons (Fsp3) is 1.00. The number of nitrogens with zero attached hydrogens (tertiary/aromatic N) is 1. The monoisotopic (exact) mass is 207 g/mol. The molecule has 1 atom stereocenters. The zero-order valence-corrected chi connectivity index (χ0v) is 8.76. The van der Waals surface area contributed by atoms with Gasteiger partial charge in [0.2, 0.25) is 0 Å². The lowest BCUT2D eigenvalue weighted by molar-refractivity contribution is 0.206. The van der Waals surface area contributed by atoms with E-state index in [4.69, 9.17) is 5.11 Å². The Morgan fingerprint density at radius 1 is 1.54 bits per heavy atom. The number of rotatable bonds is 4. The number of hydrogen-bond acceptors (Lipinski definition) is 4. The summed E-state index contributed by atoms with van der Waals surface area (Å²) in [5, 5.41) is 8.65. The van der Waals surface area contributed by atoms with E-state index in [2.05, 4.69) is 0 Å². The Morgan fingerprint density at radius 3 is 2.69 bits per heavy atom. The van der Waals surface area contributed by atoms with E-state index >= 15 is 0 Å². The molecule has 1 N–H and O–H groups in total. The van der Waals surface area contributed by atoms with E-state index in [0.717, 1.165) is 13.0 Å². The van der Waals surface area contributed by atoms with Gasteiger partial charge in [0.25, 0.3) is 0 Å². The fourth-order valence-corrected chi connectivity index (χ4v) is 3.57. The average molecular weight is 207 g/mol. The van der Waals surface area contributed by atoms with E-state index in [1.54, 1.807) is 0 Å². The van der Waals surface area contributed by atoms with Crippen LogP contribution in [0.4, 0.5) is 0 Å². The highest BCUT2D eigenvalue weighted by molar-refractivity contribution is 7.91. The minimum atomic E-state index is -2.75. The van der Waals surface area contributed by atoms with Crippen LogP contribution in [0.5, 0.6) is 0 Å². The molecule has 1 saturated heterocycles. The highest BCUT2D eigenvalue weighted by Crippen LogP contribution is 2.18. The second kappa shape index (κ2) is 4.39. The quantitative estimate of drug-likeness (QED) is 0.665. The fourth-order valence-electron chi connectivity index (χ4n) is 1.72. The van der Waals surface area contributed by atoms with E-state index in [1.165, 1.54) is 0 Å². The maximum absolute atomic E-state index is 11.1. The highest BCUT2D eigenvalue weighted by Gasteiger charge is 2.28. The lowest BCUT2D eigenvalue weighted by atomic mass is 10.1. The van der Waals surface area contributed by atoms with Crippen molar-refractivity contribution >= 4 is 9.84 Å². The molecule has 0 spiro atoms. The number of aliphatic hydroxyl groups excluding tert-OH is 1. The SMILES string of the molecule is CN(CCO)CC1CCS(=O)(=O)C1. The Hall–Kier alpha value is -0.130. The van der Waals surface area contributed by atoms with Crippen LogP contribution in [0.25, 0.3) is 0 Å². The third-order valence-corrected chi connectivity index (χ3v) is 4.22. The van der Waals surface area contributed by atoms with Gasteiger partial charge in [0, 0.05) is 13.1 Å². The molecule has 0 saturated carbocycles. The molecule has 1 fully saturated rings. The molecule has 5 heteroatoms. The van der Waals surface area contributed by atoms with Gasteiger partial charge in [-0.05, 0) is 19.4 Å². The first-order valence-electron chi connectivity index (χ1n) is 4.53. The smallest absolute Gasteiger partial charge is 0.150 e. The minimum Gasteiger partial charge on any atom is -0.395 e. The van der Waals surface area contributed by atoms with E-state index in [1.807, 2.05) is 11.9 Å². The summed E-state index contributed by atoms with van der Waals surface area (Å²) in [7, 11) is -0.841. The van der Waals surface area contributed by atoms with Crippen LogP contribution >= 0.6 is 0 Å². The summed E-state index contributed by atoms with van der Waals surface area (Å²) < 4.78 is 22.2. The van der Waals surface area contributed by atoms with Crippen molar-refractivity contribution in [2.45, 2.75) is 6.42 Å². The molecule has 0 bridgehead atoms. The first-order chi connectivity index (χ1) is 6.03. The second-order valence-corrected chi connectivity index (χ2v) is 5.98. The standard InChI is InChI=1S/C8H17NO3S/c1-9(3-4-10)6-8-2-5-13(11,12)7-8/h8,10H,2-7H2,1H3. The largest absolute Gasteiger partial charge is 0.395 e. The van der Waals surface area contributed by atoms with Crippen molar-refractivity contribution in [2.24, 2.45) is 5.92 Å². The number of sulfone groups is 1. The first-order valence-corrected chi connectivity index (χ1v) is 6.35. The van der Waals surface area contributed by atoms with Crippen LogP contribution in [-0.2, 0) is 9.84 Å². The number of aliphatic hydroxyl groups is 1. The predicted molar refractivity (Wildman–Crippen MR) is 51.3 cm³/mol. The summed E-state index contributed by atoms with van der Waals surface area (Å²) in [6, 6.07) is 0. The Balaban J connectivity index is 2.32. The summed E-state index contributed by atoms with van der Waals surface area (Å²) >= 11 is 0. The van der Waals surface area contributed by atoms with E-state index in [0.29, 0.717) is 18.1 Å². The lowest BCUT2D eigenvalue weighted by Crippen LogP contribution is -2.28. The van der Waals surface area contributed by atoms with Gasteiger partial charge in [0.1, 0.15) is 0 Å². The molecule has 0 amide bonds. The Bertz CT molecular complexity index is 250. The van der Waals surface area contributed by atoms with Crippen molar-refractivity contribution in [3.8, 4) is 0 Å². The molecule has 0 aromatic rings. The van der Waals surface area contributed by atoms with Crippen LogP contribution in [0.3, 0.4) is 0 Å².